The molecule has 0 spiro atoms. The van der Waals surface area contributed by atoms with E-state index in [0.717, 1.165) is 42.2 Å². The van der Waals surface area contributed by atoms with Gasteiger partial charge in [0.15, 0.2) is 5.65 Å². The summed E-state index contributed by atoms with van der Waals surface area (Å²) in [6.07, 6.45) is 17.5. The number of rotatable bonds is 17. The van der Waals surface area contributed by atoms with Crippen LogP contribution < -0.4 is 0 Å². The summed E-state index contributed by atoms with van der Waals surface area (Å²) < 4.78 is 2.27. The van der Waals surface area contributed by atoms with E-state index >= 15 is 0 Å². The Morgan fingerprint density at radius 1 is 0.844 bits per heavy atom. The Balaban J connectivity index is 1.61. The Hall–Kier alpha value is -1.32. The van der Waals surface area contributed by atoms with Crippen LogP contribution in [0.1, 0.15) is 110 Å². The normalized spacial score (nSPS) is 11.5. The summed E-state index contributed by atoms with van der Waals surface area (Å²) >= 11 is 7.85. The molecule has 32 heavy (non-hydrogen) atoms. The van der Waals surface area contributed by atoms with Crippen molar-refractivity contribution in [3.05, 3.63) is 11.1 Å². The molecule has 0 amide bonds. The molecule has 2 aromatic heterocycles. The van der Waals surface area contributed by atoms with E-state index in [0.29, 0.717) is 10.9 Å². The second-order valence-corrected chi connectivity index (χ2v) is 10.9. The molecule has 0 bridgehead atoms. The lowest BCUT2D eigenvalue weighted by atomic mass is 10.0. The molecule has 0 saturated heterocycles. The van der Waals surface area contributed by atoms with Gasteiger partial charge in [-0.3, -0.25) is 0 Å². The predicted octanol–water partition coefficient (Wildman–Crippen LogP) is 8.27. The number of thioether (sulfide) groups is 1. The number of fused-ring (bicyclic) bond motifs is 1. The van der Waals surface area contributed by atoms with E-state index in [9.17, 15) is 0 Å². The monoisotopic (exact) mass is 477 g/mol. The summed E-state index contributed by atoms with van der Waals surface area (Å²) in [5.74, 6) is 0.993. The fraction of sp³-hybridized carbons (Fsp3) is 0.760. The van der Waals surface area contributed by atoms with Crippen molar-refractivity contribution in [2.24, 2.45) is 0 Å². The minimum Gasteiger partial charge on any atom is -0.325 e. The summed E-state index contributed by atoms with van der Waals surface area (Å²) in [4.78, 5) is 13.5. The van der Waals surface area contributed by atoms with Gasteiger partial charge in [0, 0.05) is 18.2 Å². The molecular weight excluding hydrogens is 438 g/mol. The van der Waals surface area contributed by atoms with E-state index in [1.165, 1.54) is 70.6 Å². The number of unbranched alkanes of at least 4 members (excludes halogenated alkanes) is 13. The van der Waals surface area contributed by atoms with E-state index in [-0.39, 0.29) is 5.28 Å². The van der Waals surface area contributed by atoms with Crippen LogP contribution in [0.3, 0.4) is 0 Å². The summed E-state index contributed by atoms with van der Waals surface area (Å²) in [5.41, 5.74) is 1.75. The Morgan fingerprint density at radius 3 is 1.91 bits per heavy atom. The number of hydrogen-bond donors (Lipinski definition) is 0. The smallest absolute Gasteiger partial charge is 0.225 e. The second kappa shape index (κ2) is 15.5. The van der Waals surface area contributed by atoms with Gasteiger partial charge >= 0.3 is 0 Å². The molecule has 2 aromatic rings. The molecular formula is C25H40ClN5S. The van der Waals surface area contributed by atoms with Gasteiger partial charge in [0.05, 0.1) is 6.07 Å². The highest BCUT2D eigenvalue weighted by molar-refractivity contribution is 8.00. The average Bonchev–Trinajstić information content (AvgIpc) is 3.05. The van der Waals surface area contributed by atoms with E-state index in [1.807, 2.05) is 6.92 Å². The van der Waals surface area contributed by atoms with Crippen molar-refractivity contribution in [2.45, 2.75) is 127 Å². The molecule has 0 aromatic carbocycles. The zero-order valence-corrected chi connectivity index (χ0v) is 21.8. The fourth-order valence-electron chi connectivity index (χ4n) is 4.08. The SMILES string of the molecule is Cc1nc2nc(Cl)nc(SC(C)C)c2n1CCCCCCCCCCCCCCCC#N. The maximum atomic E-state index is 8.53. The minimum atomic E-state index is 0.279. The number of nitriles is 1. The van der Waals surface area contributed by atoms with Gasteiger partial charge in [-0.2, -0.15) is 10.2 Å². The van der Waals surface area contributed by atoms with Crippen molar-refractivity contribution in [2.75, 3.05) is 0 Å². The van der Waals surface area contributed by atoms with Crippen LogP contribution in [-0.2, 0) is 6.54 Å². The van der Waals surface area contributed by atoms with Crippen LogP contribution in [0.4, 0.5) is 0 Å². The molecule has 0 atom stereocenters. The Kier molecular flexibility index (Phi) is 13.0. The largest absolute Gasteiger partial charge is 0.325 e. The standard InChI is InChI=1S/C25H40ClN5S/c1-20(2)32-24-22-23(29-25(26)30-24)28-21(3)31(22)19-17-15-13-11-9-7-5-4-6-8-10-12-14-16-18-27/h20H,4-17,19H2,1-3H3. The molecule has 0 radical (unpaired) electrons. The van der Waals surface area contributed by atoms with Crippen LogP contribution in [-0.4, -0.2) is 24.8 Å². The molecule has 7 heteroatoms. The van der Waals surface area contributed by atoms with Gasteiger partial charge in [-0.15, -0.1) is 11.8 Å². The highest BCUT2D eigenvalue weighted by Crippen LogP contribution is 2.30. The molecule has 0 N–H and O–H groups in total. The Bertz CT molecular complexity index is 843. The number of aryl methyl sites for hydroxylation is 2. The fourth-order valence-corrected chi connectivity index (χ4v) is 5.20. The third-order valence-electron chi connectivity index (χ3n) is 5.75. The van der Waals surface area contributed by atoms with Crippen LogP contribution in [0, 0.1) is 18.3 Å². The van der Waals surface area contributed by atoms with E-state index < -0.39 is 0 Å². The van der Waals surface area contributed by atoms with Crippen molar-refractivity contribution >= 4 is 34.5 Å². The van der Waals surface area contributed by atoms with Gasteiger partial charge in [-0.05, 0) is 31.4 Å². The first-order valence-corrected chi connectivity index (χ1v) is 13.7. The van der Waals surface area contributed by atoms with Crippen LogP contribution in [0.5, 0.6) is 0 Å². The van der Waals surface area contributed by atoms with Crippen molar-refractivity contribution in [1.29, 1.82) is 5.26 Å². The lowest BCUT2D eigenvalue weighted by molar-refractivity contribution is 0.525. The highest BCUT2D eigenvalue weighted by Gasteiger charge is 2.17. The zero-order valence-electron chi connectivity index (χ0n) is 20.2. The third-order valence-corrected chi connectivity index (χ3v) is 6.90. The summed E-state index contributed by atoms with van der Waals surface area (Å²) in [7, 11) is 0. The quantitative estimate of drug-likeness (QED) is 0.0991. The number of halogens is 1. The molecule has 5 nitrogen and oxygen atoms in total. The Morgan fingerprint density at radius 2 is 1.38 bits per heavy atom. The molecule has 178 valence electrons. The molecule has 2 heterocycles. The van der Waals surface area contributed by atoms with E-state index in [4.69, 9.17) is 16.9 Å². The van der Waals surface area contributed by atoms with Crippen LogP contribution in [0.15, 0.2) is 5.03 Å². The van der Waals surface area contributed by atoms with Gasteiger partial charge in [0.2, 0.25) is 5.28 Å². The van der Waals surface area contributed by atoms with Gasteiger partial charge in [-0.1, -0.05) is 84.5 Å². The second-order valence-electron chi connectivity index (χ2n) is 8.95. The number of aromatic nitrogens is 4. The van der Waals surface area contributed by atoms with Gasteiger partial charge < -0.3 is 4.57 Å². The topological polar surface area (TPSA) is 67.4 Å². The molecule has 0 fully saturated rings. The predicted molar refractivity (Wildman–Crippen MR) is 136 cm³/mol. The van der Waals surface area contributed by atoms with Crippen molar-refractivity contribution in [3.8, 4) is 6.07 Å². The van der Waals surface area contributed by atoms with Crippen LogP contribution in [0.2, 0.25) is 5.28 Å². The molecule has 0 saturated carbocycles. The minimum absolute atomic E-state index is 0.279. The van der Waals surface area contributed by atoms with Gasteiger partial charge in [-0.25, -0.2) is 9.97 Å². The van der Waals surface area contributed by atoms with E-state index in [2.05, 4.69) is 39.4 Å². The molecule has 2 rings (SSSR count). The number of hydrogen-bond acceptors (Lipinski definition) is 5. The molecule has 0 aliphatic rings. The number of nitrogens with zero attached hydrogens (tertiary/aromatic N) is 5. The maximum absolute atomic E-state index is 8.53. The van der Waals surface area contributed by atoms with Gasteiger partial charge in [0.1, 0.15) is 16.4 Å². The van der Waals surface area contributed by atoms with Crippen molar-refractivity contribution in [1.82, 2.24) is 19.5 Å². The lowest BCUT2D eigenvalue weighted by Crippen LogP contribution is -2.03. The molecule has 0 unspecified atom stereocenters. The summed E-state index contributed by atoms with van der Waals surface area (Å²) in [6, 6.07) is 2.22. The first-order chi connectivity index (χ1) is 15.5. The maximum Gasteiger partial charge on any atom is 0.225 e. The number of imidazole rings is 1. The summed E-state index contributed by atoms with van der Waals surface area (Å²) in [5, 5.41) is 10.2. The van der Waals surface area contributed by atoms with Crippen molar-refractivity contribution in [3.63, 3.8) is 0 Å². The zero-order chi connectivity index (χ0) is 23.2. The van der Waals surface area contributed by atoms with Crippen LogP contribution >= 0.6 is 23.4 Å². The first kappa shape index (κ1) is 26.9. The molecule has 0 aliphatic carbocycles. The third kappa shape index (κ3) is 9.67. The first-order valence-electron chi connectivity index (χ1n) is 12.5. The van der Waals surface area contributed by atoms with Crippen LogP contribution in [0.25, 0.3) is 11.2 Å². The van der Waals surface area contributed by atoms with E-state index in [1.54, 1.807) is 11.8 Å². The lowest BCUT2D eigenvalue weighted by Gasteiger charge is -2.11. The summed E-state index contributed by atoms with van der Waals surface area (Å²) in [6.45, 7) is 7.34. The molecule has 0 aliphatic heterocycles. The van der Waals surface area contributed by atoms with Gasteiger partial charge in [0.25, 0.3) is 0 Å². The Labute approximate surface area is 203 Å². The highest BCUT2D eigenvalue weighted by atomic mass is 35.5. The average molecular weight is 478 g/mol. The van der Waals surface area contributed by atoms with Crippen molar-refractivity contribution < 1.29 is 0 Å².